The van der Waals surface area contributed by atoms with Crippen molar-refractivity contribution in [2.24, 2.45) is 5.92 Å². The van der Waals surface area contributed by atoms with E-state index in [0.717, 1.165) is 0 Å². The lowest BCUT2D eigenvalue weighted by molar-refractivity contribution is -0.192. The van der Waals surface area contributed by atoms with Crippen molar-refractivity contribution in [3.05, 3.63) is 35.9 Å². The number of ketones is 1. The van der Waals surface area contributed by atoms with Crippen LogP contribution in [-0.2, 0) is 19.1 Å². The van der Waals surface area contributed by atoms with E-state index in [1.54, 1.807) is 31.2 Å². The molecule has 0 aliphatic carbocycles. The normalized spacial score (nSPS) is 25.3. The number of hydrogen-bond donors (Lipinski definition) is 1. The van der Waals surface area contributed by atoms with Crippen molar-refractivity contribution < 1.29 is 23.9 Å². The third kappa shape index (κ3) is 3.66. The van der Waals surface area contributed by atoms with Crippen molar-refractivity contribution >= 4 is 11.8 Å². The number of ether oxygens (including phenoxy) is 2. The van der Waals surface area contributed by atoms with Crippen molar-refractivity contribution in [1.29, 1.82) is 0 Å². The summed E-state index contributed by atoms with van der Waals surface area (Å²) in [5.41, 5.74) is 3.19. The highest BCUT2D eigenvalue weighted by atomic mass is 16.7. The molecule has 6 heteroatoms. The van der Waals surface area contributed by atoms with Crippen molar-refractivity contribution in [3.8, 4) is 0 Å². The fraction of sp³-hybridized carbons (Fsp3) is 0.467. The topological polar surface area (TPSA) is 73.9 Å². The van der Waals surface area contributed by atoms with E-state index in [4.69, 9.17) is 14.3 Å². The van der Waals surface area contributed by atoms with Gasteiger partial charge >= 0.3 is 5.97 Å². The molecule has 1 aromatic rings. The van der Waals surface area contributed by atoms with Crippen LogP contribution in [0.15, 0.2) is 30.3 Å². The largest absolute Gasteiger partial charge is 0.464 e. The molecular weight excluding hydrogens is 274 g/mol. The molecule has 21 heavy (non-hydrogen) atoms. The average molecular weight is 293 g/mol. The summed E-state index contributed by atoms with van der Waals surface area (Å²) in [5, 5.41) is 0. The SMILES string of the molecule is CCOC(=O)C1CC(C(=O)c2ccccc2)C(OC)NO1. The van der Waals surface area contributed by atoms with E-state index in [0.29, 0.717) is 5.56 Å². The van der Waals surface area contributed by atoms with Crippen LogP contribution in [-0.4, -0.2) is 37.8 Å². The molecule has 114 valence electrons. The minimum absolute atomic E-state index is 0.0902. The van der Waals surface area contributed by atoms with E-state index in [1.807, 2.05) is 6.07 Å². The highest BCUT2D eigenvalue weighted by molar-refractivity contribution is 5.98. The molecule has 1 aromatic carbocycles. The molecule has 3 unspecified atom stereocenters. The third-order valence-corrected chi connectivity index (χ3v) is 3.36. The molecule has 0 saturated carbocycles. The number of hydroxylamine groups is 1. The zero-order valence-corrected chi connectivity index (χ0v) is 12.1. The number of carbonyl (C=O) groups is 2. The molecule has 1 saturated heterocycles. The van der Waals surface area contributed by atoms with Gasteiger partial charge in [-0.15, -0.1) is 0 Å². The number of nitrogens with one attached hydrogen (secondary N) is 1. The standard InChI is InChI=1S/C15H19NO5/c1-3-20-15(18)12-9-11(14(19-2)16-21-12)13(17)10-7-5-4-6-8-10/h4-8,11-12,14,16H,3,9H2,1-2H3. The van der Waals surface area contributed by atoms with Gasteiger partial charge in [0.1, 0.15) is 6.23 Å². The van der Waals surface area contributed by atoms with Gasteiger partial charge in [-0.25, -0.2) is 4.79 Å². The lowest BCUT2D eigenvalue weighted by atomic mass is 9.90. The summed E-state index contributed by atoms with van der Waals surface area (Å²) in [6.45, 7) is 1.99. The van der Waals surface area contributed by atoms with Crippen LogP contribution in [0.1, 0.15) is 23.7 Å². The third-order valence-electron chi connectivity index (χ3n) is 3.36. The number of benzene rings is 1. The number of esters is 1. The molecule has 3 atom stereocenters. The van der Waals surface area contributed by atoms with E-state index in [9.17, 15) is 9.59 Å². The first kappa shape index (κ1) is 15.6. The number of Topliss-reactive ketones (excluding diaryl/α,β-unsaturated/α-hetero) is 1. The Kier molecular flexibility index (Phi) is 5.44. The lowest BCUT2D eigenvalue weighted by Gasteiger charge is -2.33. The smallest absolute Gasteiger partial charge is 0.337 e. The van der Waals surface area contributed by atoms with Crippen LogP contribution in [0.3, 0.4) is 0 Å². The summed E-state index contributed by atoms with van der Waals surface area (Å²) in [6, 6.07) is 8.91. The quantitative estimate of drug-likeness (QED) is 0.652. The highest BCUT2D eigenvalue weighted by Crippen LogP contribution is 2.24. The lowest BCUT2D eigenvalue weighted by Crippen LogP contribution is -2.52. The van der Waals surface area contributed by atoms with E-state index >= 15 is 0 Å². The summed E-state index contributed by atoms with van der Waals surface area (Å²) in [7, 11) is 1.48. The molecular formula is C15H19NO5. The Labute approximate surface area is 123 Å². The van der Waals surface area contributed by atoms with Gasteiger partial charge in [0.05, 0.1) is 12.5 Å². The van der Waals surface area contributed by atoms with E-state index in [1.165, 1.54) is 7.11 Å². The average Bonchev–Trinajstić information content (AvgIpc) is 2.54. The second-order valence-corrected chi connectivity index (χ2v) is 4.71. The fourth-order valence-corrected chi connectivity index (χ4v) is 2.29. The maximum absolute atomic E-state index is 12.6. The van der Waals surface area contributed by atoms with Gasteiger partial charge in [0.15, 0.2) is 11.9 Å². The molecule has 0 amide bonds. The Morgan fingerprint density at radius 2 is 2.05 bits per heavy atom. The van der Waals surface area contributed by atoms with Crippen molar-refractivity contribution in [3.63, 3.8) is 0 Å². The van der Waals surface area contributed by atoms with Gasteiger partial charge in [-0.3, -0.25) is 9.63 Å². The summed E-state index contributed by atoms with van der Waals surface area (Å²) < 4.78 is 10.2. The predicted octanol–water partition coefficient (Wildman–Crippen LogP) is 1.31. The first-order valence-electron chi connectivity index (χ1n) is 6.87. The Morgan fingerprint density at radius 1 is 1.33 bits per heavy atom. The molecule has 1 fully saturated rings. The predicted molar refractivity (Wildman–Crippen MR) is 74.3 cm³/mol. The van der Waals surface area contributed by atoms with Gasteiger partial charge in [0, 0.05) is 19.1 Å². The first-order valence-corrected chi connectivity index (χ1v) is 6.87. The fourth-order valence-electron chi connectivity index (χ4n) is 2.29. The molecule has 6 nitrogen and oxygen atoms in total. The molecule has 1 N–H and O–H groups in total. The first-order chi connectivity index (χ1) is 10.2. The van der Waals surface area contributed by atoms with Crippen LogP contribution < -0.4 is 5.48 Å². The Hall–Kier alpha value is -1.76. The van der Waals surface area contributed by atoms with Gasteiger partial charge < -0.3 is 9.47 Å². The van der Waals surface area contributed by atoms with Crippen LogP contribution in [0.2, 0.25) is 0 Å². The van der Waals surface area contributed by atoms with Gasteiger partial charge in [-0.2, -0.15) is 5.48 Å². The Morgan fingerprint density at radius 3 is 2.67 bits per heavy atom. The second-order valence-electron chi connectivity index (χ2n) is 4.71. The summed E-state index contributed by atoms with van der Waals surface area (Å²) in [6.07, 6.45) is -1.18. The molecule has 1 aliphatic rings. The zero-order valence-electron chi connectivity index (χ0n) is 12.1. The summed E-state index contributed by atoms with van der Waals surface area (Å²) in [4.78, 5) is 29.5. The molecule has 1 aliphatic heterocycles. The van der Waals surface area contributed by atoms with Crippen LogP contribution in [0.25, 0.3) is 0 Å². The molecule has 0 spiro atoms. The molecule has 1 heterocycles. The number of methoxy groups -OCH3 is 1. The van der Waals surface area contributed by atoms with Gasteiger partial charge in [-0.05, 0) is 6.92 Å². The van der Waals surface area contributed by atoms with E-state index in [-0.39, 0.29) is 18.8 Å². The zero-order chi connectivity index (χ0) is 15.2. The minimum Gasteiger partial charge on any atom is -0.464 e. The molecule has 0 radical (unpaired) electrons. The van der Waals surface area contributed by atoms with E-state index < -0.39 is 24.2 Å². The maximum atomic E-state index is 12.6. The number of carbonyl (C=O) groups excluding carboxylic acids is 2. The summed E-state index contributed by atoms with van der Waals surface area (Å²) >= 11 is 0. The van der Waals surface area contributed by atoms with Crippen LogP contribution >= 0.6 is 0 Å². The van der Waals surface area contributed by atoms with E-state index in [2.05, 4.69) is 5.48 Å². The van der Waals surface area contributed by atoms with Crippen LogP contribution in [0.5, 0.6) is 0 Å². The van der Waals surface area contributed by atoms with Gasteiger partial charge in [0.2, 0.25) is 0 Å². The minimum atomic E-state index is -0.811. The molecule has 0 aromatic heterocycles. The van der Waals surface area contributed by atoms with Crippen molar-refractivity contribution in [2.75, 3.05) is 13.7 Å². The van der Waals surface area contributed by atoms with Crippen molar-refractivity contribution in [1.82, 2.24) is 5.48 Å². The summed E-state index contributed by atoms with van der Waals surface area (Å²) in [5.74, 6) is -1.08. The van der Waals surface area contributed by atoms with Crippen molar-refractivity contribution in [2.45, 2.75) is 25.7 Å². The monoisotopic (exact) mass is 293 g/mol. The maximum Gasteiger partial charge on any atom is 0.337 e. The Bertz CT molecular complexity index is 490. The number of rotatable bonds is 5. The number of hydrogen-bond acceptors (Lipinski definition) is 6. The Balaban J connectivity index is 2.13. The highest BCUT2D eigenvalue weighted by Gasteiger charge is 2.40. The van der Waals surface area contributed by atoms with Gasteiger partial charge in [-0.1, -0.05) is 30.3 Å². The van der Waals surface area contributed by atoms with Crippen LogP contribution in [0.4, 0.5) is 0 Å². The van der Waals surface area contributed by atoms with Crippen LogP contribution in [0, 0.1) is 5.92 Å². The second kappa shape index (κ2) is 7.31. The molecule has 2 rings (SSSR count). The molecule has 0 bridgehead atoms. The van der Waals surface area contributed by atoms with Gasteiger partial charge in [0.25, 0.3) is 0 Å².